The average Bonchev–Trinajstić information content (AvgIpc) is 2.33. The molecule has 0 saturated heterocycles. The Morgan fingerprint density at radius 1 is 1.13 bits per heavy atom. The van der Waals surface area contributed by atoms with E-state index in [4.69, 9.17) is 9.47 Å². The van der Waals surface area contributed by atoms with E-state index in [1.807, 2.05) is 0 Å². The van der Waals surface area contributed by atoms with Gasteiger partial charge in [-0.05, 0) is 6.92 Å². The molecule has 0 saturated carbocycles. The fraction of sp³-hybridized carbons (Fsp3) is 0.500. The standard InChI is InChI=1S/C16H21NO6/c1-8-7-11(22-9(2)18)12(15(21)17-8)13(23-10(3)19)14(20)16(4,5)6/h7,13H,1-6H3,(H,17,21). The summed E-state index contributed by atoms with van der Waals surface area (Å²) in [7, 11) is 0. The molecule has 0 spiro atoms. The fourth-order valence-corrected chi connectivity index (χ4v) is 1.96. The normalized spacial score (nSPS) is 12.4. The molecule has 1 aromatic rings. The highest BCUT2D eigenvalue weighted by molar-refractivity contribution is 5.91. The molecule has 1 N–H and O–H groups in total. The predicted molar refractivity (Wildman–Crippen MR) is 82.1 cm³/mol. The molecule has 0 aliphatic heterocycles. The number of esters is 2. The van der Waals surface area contributed by atoms with Gasteiger partial charge in [-0.3, -0.25) is 19.2 Å². The van der Waals surface area contributed by atoms with Crippen LogP contribution in [0.3, 0.4) is 0 Å². The molecule has 1 heterocycles. The monoisotopic (exact) mass is 323 g/mol. The molecule has 0 fully saturated rings. The Hall–Kier alpha value is -2.44. The zero-order chi connectivity index (χ0) is 17.9. The lowest BCUT2D eigenvalue weighted by Crippen LogP contribution is -2.34. The molecule has 0 aliphatic rings. The van der Waals surface area contributed by atoms with Crippen LogP contribution in [0.15, 0.2) is 10.9 Å². The average molecular weight is 323 g/mol. The van der Waals surface area contributed by atoms with Gasteiger partial charge >= 0.3 is 11.9 Å². The minimum absolute atomic E-state index is 0.0948. The number of carbonyl (C=O) groups excluding carboxylic acids is 3. The van der Waals surface area contributed by atoms with E-state index in [2.05, 4.69) is 4.98 Å². The number of carbonyl (C=O) groups is 3. The minimum Gasteiger partial charge on any atom is -0.449 e. The third kappa shape index (κ3) is 4.77. The topological polar surface area (TPSA) is 103 Å². The molecule has 1 atom stereocenters. The summed E-state index contributed by atoms with van der Waals surface area (Å²) in [5, 5.41) is 0. The van der Waals surface area contributed by atoms with Gasteiger partial charge in [-0.2, -0.15) is 0 Å². The van der Waals surface area contributed by atoms with Crippen LogP contribution in [0.5, 0.6) is 5.75 Å². The lowest BCUT2D eigenvalue weighted by Gasteiger charge is -2.25. The molecule has 1 rings (SSSR count). The Kier molecular flexibility index (Phi) is 5.47. The number of aryl methyl sites for hydroxylation is 1. The molecule has 0 bridgehead atoms. The molecule has 1 unspecified atom stereocenters. The van der Waals surface area contributed by atoms with E-state index in [1.54, 1.807) is 27.7 Å². The van der Waals surface area contributed by atoms with Gasteiger partial charge in [-0.1, -0.05) is 20.8 Å². The van der Waals surface area contributed by atoms with Crippen LogP contribution in [0.4, 0.5) is 0 Å². The summed E-state index contributed by atoms with van der Waals surface area (Å²) in [6.45, 7) is 8.83. The van der Waals surface area contributed by atoms with Gasteiger partial charge < -0.3 is 14.5 Å². The van der Waals surface area contributed by atoms with Crippen LogP contribution in [0, 0.1) is 12.3 Å². The molecule has 1 aromatic heterocycles. The van der Waals surface area contributed by atoms with E-state index >= 15 is 0 Å². The predicted octanol–water partition coefficient (Wildman–Crippen LogP) is 1.83. The number of ketones is 1. The number of ether oxygens (including phenoxy) is 2. The first-order chi connectivity index (χ1) is 10.4. The Morgan fingerprint density at radius 2 is 1.70 bits per heavy atom. The lowest BCUT2D eigenvalue weighted by atomic mass is 9.85. The van der Waals surface area contributed by atoms with Crippen molar-refractivity contribution in [2.45, 2.75) is 47.6 Å². The fourth-order valence-electron chi connectivity index (χ4n) is 1.96. The van der Waals surface area contributed by atoms with E-state index < -0.39 is 34.8 Å². The molecule has 0 radical (unpaired) electrons. The summed E-state index contributed by atoms with van der Waals surface area (Å²) in [4.78, 5) is 50.1. The maximum atomic E-state index is 12.6. The van der Waals surface area contributed by atoms with Crippen LogP contribution in [0.2, 0.25) is 0 Å². The van der Waals surface area contributed by atoms with E-state index in [0.717, 1.165) is 6.92 Å². The van der Waals surface area contributed by atoms with Crippen molar-refractivity contribution in [2.75, 3.05) is 0 Å². The maximum Gasteiger partial charge on any atom is 0.308 e. The third-order valence-corrected chi connectivity index (χ3v) is 2.95. The molecule has 0 aliphatic carbocycles. The Labute approximate surface area is 134 Å². The largest absolute Gasteiger partial charge is 0.449 e. The number of pyridine rings is 1. The first-order valence-electron chi connectivity index (χ1n) is 7.07. The number of hydrogen-bond acceptors (Lipinski definition) is 6. The third-order valence-electron chi connectivity index (χ3n) is 2.95. The molecule has 23 heavy (non-hydrogen) atoms. The summed E-state index contributed by atoms with van der Waals surface area (Å²) < 4.78 is 10.1. The van der Waals surface area contributed by atoms with E-state index in [9.17, 15) is 19.2 Å². The quantitative estimate of drug-likeness (QED) is 0.848. The summed E-state index contributed by atoms with van der Waals surface area (Å²) in [6, 6.07) is 1.41. The van der Waals surface area contributed by atoms with E-state index in [0.29, 0.717) is 5.69 Å². The van der Waals surface area contributed by atoms with Crippen LogP contribution in [0.25, 0.3) is 0 Å². The van der Waals surface area contributed by atoms with Crippen LogP contribution >= 0.6 is 0 Å². The summed E-state index contributed by atoms with van der Waals surface area (Å²) in [6.07, 6.45) is -1.45. The van der Waals surface area contributed by atoms with Crippen molar-refractivity contribution in [1.29, 1.82) is 0 Å². The van der Waals surface area contributed by atoms with Gasteiger partial charge in [-0.15, -0.1) is 0 Å². The molecule has 0 aromatic carbocycles. The highest BCUT2D eigenvalue weighted by Crippen LogP contribution is 2.32. The van der Waals surface area contributed by atoms with Gasteiger partial charge in [0, 0.05) is 31.0 Å². The molecule has 0 amide bonds. The Morgan fingerprint density at radius 3 is 2.13 bits per heavy atom. The van der Waals surface area contributed by atoms with Crippen molar-refractivity contribution in [3.05, 3.63) is 27.7 Å². The highest BCUT2D eigenvalue weighted by Gasteiger charge is 2.37. The zero-order valence-corrected chi connectivity index (χ0v) is 14.1. The summed E-state index contributed by atoms with van der Waals surface area (Å²) >= 11 is 0. The number of nitrogens with one attached hydrogen (secondary N) is 1. The van der Waals surface area contributed by atoms with Crippen molar-refractivity contribution in [3.8, 4) is 5.75 Å². The van der Waals surface area contributed by atoms with Crippen molar-refractivity contribution in [2.24, 2.45) is 5.41 Å². The number of aromatic nitrogens is 1. The SMILES string of the molecule is CC(=O)Oc1cc(C)[nH]c(=O)c1C(OC(C)=O)C(=O)C(C)(C)C. The second-order valence-electron chi connectivity index (χ2n) is 6.26. The Bertz CT molecular complexity index is 696. The van der Waals surface area contributed by atoms with Crippen LogP contribution in [-0.2, 0) is 19.1 Å². The lowest BCUT2D eigenvalue weighted by molar-refractivity contribution is -0.156. The summed E-state index contributed by atoms with van der Waals surface area (Å²) in [5.74, 6) is -1.94. The van der Waals surface area contributed by atoms with Crippen molar-refractivity contribution in [1.82, 2.24) is 4.98 Å². The van der Waals surface area contributed by atoms with Gasteiger partial charge in [0.15, 0.2) is 11.9 Å². The Balaban J connectivity index is 3.58. The van der Waals surface area contributed by atoms with E-state index in [1.165, 1.54) is 13.0 Å². The second kappa shape index (κ2) is 6.76. The van der Waals surface area contributed by atoms with Crippen molar-refractivity contribution < 1.29 is 23.9 Å². The smallest absolute Gasteiger partial charge is 0.308 e. The number of hydrogen-bond donors (Lipinski definition) is 1. The van der Waals surface area contributed by atoms with Gasteiger partial charge in [0.05, 0.1) is 0 Å². The van der Waals surface area contributed by atoms with Crippen molar-refractivity contribution in [3.63, 3.8) is 0 Å². The molecular formula is C16H21NO6. The van der Waals surface area contributed by atoms with Crippen LogP contribution in [-0.4, -0.2) is 22.7 Å². The van der Waals surface area contributed by atoms with Gasteiger partial charge in [0.2, 0.25) is 0 Å². The first kappa shape index (κ1) is 18.6. The van der Waals surface area contributed by atoms with E-state index in [-0.39, 0.29) is 11.3 Å². The second-order valence-corrected chi connectivity index (χ2v) is 6.26. The first-order valence-corrected chi connectivity index (χ1v) is 7.07. The number of rotatable bonds is 4. The number of H-pyrrole nitrogens is 1. The van der Waals surface area contributed by atoms with Crippen LogP contribution in [0.1, 0.15) is 52.0 Å². The van der Waals surface area contributed by atoms with Gasteiger partial charge in [0.1, 0.15) is 11.3 Å². The number of aromatic amines is 1. The molecule has 7 heteroatoms. The van der Waals surface area contributed by atoms with Crippen LogP contribution < -0.4 is 10.3 Å². The molecule has 126 valence electrons. The molecular weight excluding hydrogens is 302 g/mol. The van der Waals surface area contributed by atoms with Gasteiger partial charge in [0.25, 0.3) is 5.56 Å². The van der Waals surface area contributed by atoms with Gasteiger partial charge in [-0.25, -0.2) is 0 Å². The zero-order valence-electron chi connectivity index (χ0n) is 14.1. The highest BCUT2D eigenvalue weighted by atomic mass is 16.6. The number of Topliss-reactive ketones (excluding diaryl/α,β-unsaturated/α-hetero) is 1. The molecule has 7 nitrogen and oxygen atoms in total. The summed E-state index contributed by atoms with van der Waals surface area (Å²) in [5.41, 5.74) is -1.27. The maximum absolute atomic E-state index is 12.6. The van der Waals surface area contributed by atoms with Crippen molar-refractivity contribution >= 4 is 17.7 Å². The minimum atomic E-state index is -1.45.